The Morgan fingerprint density at radius 1 is 1.28 bits per heavy atom. The van der Waals surface area contributed by atoms with Crippen LogP contribution in [0, 0.1) is 0 Å². The molecule has 1 aromatic carbocycles. The molecule has 94 valence electrons. The molecule has 3 heteroatoms. The Bertz CT molecular complexity index is 598. The van der Waals surface area contributed by atoms with Crippen molar-refractivity contribution in [2.75, 3.05) is 27.2 Å². The summed E-state index contributed by atoms with van der Waals surface area (Å²) in [6, 6.07) is 8.01. The highest BCUT2D eigenvalue weighted by Crippen LogP contribution is 2.30. The summed E-state index contributed by atoms with van der Waals surface area (Å²) in [7, 11) is 3.82. The van der Waals surface area contributed by atoms with Gasteiger partial charge in [0.1, 0.15) is 17.1 Å². The van der Waals surface area contributed by atoms with Crippen LogP contribution in [0.5, 0.6) is 5.75 Å². The lowest BCUT2D eigenvalue weighted by molar-refractivity contribution is 0.368. The third kappa shape index (κ3) is 2.02. The maximum absolute atomic E-state index is 5.90. The second-order valence-electron chi connectivity index (χ2n) is 4.76. The molecule has 0 atom stereocenters. The van der Waals surface area contributed by atoms with Crippen molar-refractivity contribution < 1.29 is 9.15 Å². The van der Waals surface area contributed by atoms with E-state index in [-0.39, 0.29) is 0 Å². The number of rotatable bonds is 2. The molecule has 0 unspecified atom stereocenters. The lowest BCUT2D eigenvalue weighted by Gasteiger charge is -2.20. The third-order valence-electron chi connectivity index (χ3n) is 3.45. The molecule has 0 radical (unpaired) electrons. The largest absolute Gasteiger partial charge is 0.497 e. The predicted octanol–water partition coefficient (Wildman–Crippen LogP) is 3.16. The minimum atomic E-state index is 0.868. The average molecular weight is 243 g/mol. The first kappa shape index (κ1) is 11.4. The molecule has 3 rings (SSSR count). The fourth-order valence-electron chi connectivity index (χ4n) is 2.30. The van der Waals surface area contributed by atoms with E-state index in [1.165, 1.54) is 5.57 Å². The van der Waals surface area contributed by atoms with E-state index in [4.69, 9.17) is 9.15 Å². The van der Waals surface area contributed by atoms with Crippen LogP contribution in [0.2, 0.25) is 0 Å². The predicted molar refractivity (Wildman–Crippen MR) is 72.9 cm³/mol. The molecular weight excluding hydrogens is 226 g/mol. The first-order chi connectivity index (χ1) is 8.76. The lowest BCUT2D eigenvalue weighted by atomic mass is 10.1. The van der Waals surface area contributed by atoms with Crippen LogP contribution in [-0.4, -0.2) is 32.1 Å². The van der Waals surface area contributed by atoms with Gasteiger partial charge in [0.2, 0.25) is 0 Å². The number of benzene rings is 1. The van der Waals surface area contributed by atoms with Crippen molar-refractivity contribution in [1.82, 2.24) is 4.90 Å². The summed E-state index contributed by atoms with van der Waals surface area (Å²) < 4.78 is 11.1. The molecule has 0 amide bonds. The Morgan fingerprint density at radius 3 is 2.89 bits per heavy atom. The molecule has 0 bridgehead atoms. The quantitative estimate of drug-likeness (QED) is 0.810. The van der Waals surface area contributed by atoms with Crippen LogP contribution in [0.15, 0.2) is 34.8 Å². The fourth-order valence-corrected chi connectivity index (χ4v) is 2.30. The van der Waals surface area contributed by atoms with E-state index in [0.29, 0.717) is 0 Å². The van der Waals surface area contributed by atoms with Gasteiger partial charge in [0, 0.05) is 18.5 Å². The van der Waals surface area contributed by atoms with Gasteiger partial charge in [-0.05, 0) is 43.3 Å². The number of likely N-dealkylation sites (N-methyl/N-ethyl adjacent to an activating group) is 1. The molecule has 0 saturated carbocycles. The molecule has 0 fully saturated rings. The highest BCUT2D eigenvalue weighted by molar-refractivity contribution is 5.83. The lowest BCUT2D eigenvalue weighted by Crippen LogP contribution is -2.23. The van der Waals surface area contributed by atoms with Crippen molar-refractivity contribution >= 4 is 16.5 Å². The van der Waals surface area contributed by atoms with Crippen LogP contribution in [-0.2, 0) is 0 Å². The topological polar surface area (TPSA) is 25.6 Å². The number of furan rings is 1. The molecule has 0 aliphatic carbocycles. The van der Waals surface area contributed by atoms with Crippen molar-refractivity contribution in [3.8, 4) is 5.75 Å². The van der Waals surface area contributed by atoms with Crippen LogP contribution in [0.1, 0.15) is 12.2 Å². The number of hydrogen-bond acceptors (Lipinski definition) is 3. The van der Waals surface area contributed by atoms with E-state index in [0.717, 1.165) is 42.0 Å². The molecule has 2 heterocycles. The molecule has 0 N–H and O–H groups in total. The Hall–Kier alpha value is -1.74. The summed E-state index contributed by atoms with van der Waals surface area (Å²) in [5.74, 6) is 1.86. The zero-order valence-corrected chi connectivity index (χ0v) is 10.8. The van der Waals surface area contributed by atoms with Gasteiger partial charge < -0.3 is 14.1 Å². The maximum Gasteiger partial charge on any atom is 0.135 e. The van der Waals surface area contributed by atoms with E-state index in [9.17, 15) is 0 Å². The van der Waals surface area contributed by atoms with Crippen molar-refractivity contribution in [3.63, 3.8) is 0 Å². The second-order valence-corrected chi connectivity index (χ2v) is 4.76. The number of ether oxygens (including phenoxy) is 1. The van der Waals surface area contributed by atoms with Crippen LogP contribution in [0.4, 0.5) is 0 Å². The summed E-state index contributed by atoms with van der Waals surface area (Å²) in [5, 5.41) is 1.10. The summed E-state index contributed by atoms with van der Waals surface area (Å²) >= 11 is 0. The van der Waals surface area contributed by atoms with Crippen molar-refractivity contribution in [3.05, 3.63) is 36.1 Å². The molecule has 1 aliphatic rings. The van der Waals surface area contributed by atoms with Crippen molar-refractivity contribution in [1.29, 1.82) is 0 Å². The zero-order chi connectivity index (χ0) is 12.5. The van der Waals surface area contributed by atoms with Gasteiger partial charge in [0.05, 0.1) is 7.11 Å². The molecular formula is C15H17NO2. The van der Waals surface area contributed by atoms with Crippen LogP contribution < -0.4 is 4.74 Å². The molecule has 1 aliphatic heterocycles. The van der Waals surface area contributed by atoms with Crippen LogP contribution >= 0.6 is 0 Å². The van der Waals surface area contributed by atoms with Gasteiger partial charge in [-0.1, -0.05) is 6.08 Å². The Morgan fingerprint density at radius 2 is 2.17 bits per heavy atom. The van der Waals surface area contributed by atoms with Gasteiger partial charge in [0.15, 0.2) is 0 Å². The maximum atomic E-state index is 5.90. The van der Waals surface area contributed by atoms with Crippen LogP contribution in [0.3, 0.4) is 0 Å². The molecule has 0 saturated heterocycles. The zero-order valence-electron chi connectivity index (χ0n) is 10.8. The van der Waals surface area contributed by atoms with E-state index in [1.807, 2.05) is 18.2 Å². The fraction of sp³-hybridized carbons (Fsp3) is 0.333. The van der Waals surface area contributed by atoms with Crippen LogP contribution in [0.25, 0.3) is 16.5 Å². The Balaban J connectivity index is 1.98. The molecule has 18 heavy (non-hydrogen) atoms. The monoisotopic (exact) mass is 243 g/mol. The summed E-state index contributed by atoms with van der Waals surface area (Å²) in [4.78, 5) is 2.30. The van der Waals surface area contributed by atoms with Gasteiger partial charge in [-0.2, -0.15) is 0 Å². The minimum Gasteiger partial charge on any atom is -0.497 e. The second kappa shape index (κ2) is 4.50. The van der Waals surface area contributed by atoms with Gasteiger partial charge >= 0.3 is 0 Å². The first-order valence-electron chi connectivity index (χ1n) is 6.22. The summed E-state index contributed by atoms with van der Waals surface area (Å²) in [5.41, 5.74) is 2.23. The average Bonchev–Trinajstić information content (AvgIpc) is 2.82. The van der Waals surface area contributed by atoms with Gasteiger partial charge in [-0.25, -0.2) is 0 Å². The molecule has 0 spiro atoms. The first-order valence-corrected chi connectivity index (χ1v) is 6.22. The standard InChI is InChI=1S/C15H17NO2/c1-16-7-5-11(6-8-16)15-10-12-9-13(17-2)3-4-14(12)18-15/h3-5,9-10H,6-8H2,1-2H3. The third-order valence-corrected chi connectivity index (χ3v) is 3.45. The van der Waals surface area contributed by atoms with E-state index in [2.05, 4.69) is 24.1 Å². The van der Waals surface area contributed by atoms with Crippen molar-refractivity contribution in [2.45, 2.75) is 6.42 Å². The number of hydrogen-bond donors (Lipinski definition) is 0. The minimum absolute atomic E-state index is 0.868. The van der Waals surface area contributed by atoms with E-state index in [1.54, 1.807) is 7.11 Å². The Labute approximate surface area is 107 Å². The highest BCUT2D eigenvalue weighted by atomic mass is 16.5. The molecule has 3 nitrogen and oxygen atoms in total. The van der Waals surface area contributed by atoms with Gasteiger partial charge in [0.25, 0.3) is 0 Å². The molecule has 1 aromatic heterocycles. The number of methoxy groups -OCH3 is 1. The van der Waals surface area contributed by atoms with Gasteiger partial charge in [-0.15, -0.1) is 0 Å². The summed E-state index contributed by atoms with van der Waals surface area (Å²) in [6.45, 7) is 2.09. The van der Waals surface area contributed by atoms with E-state index < -0.39 is 0 Å². The van der Waals surface area contributed by atoms with Crippen molar-refractivity contribution in [2.24, 2.45) is 0 Å². The summed E-state index contributed by atoms with van der Waals surface area (Å²) in [6.07, 6.45) is 3.30. The SMILES string of the molecule is COc1ccc2oc(C3=CCN(C)CC3)cc2c1. The normalized spacial score (nSPS) is 16.9. The smallest absolute Gasteiger partial charge is 0.135 e. The Kier molecular flexibility index (Phi) is 2.84. The molecule has 2 aromatic rings. The van der Waals surface area contributed by atoms with E-state index >= 15 is 0 Å². The van der Waals surface area contributed by atoms with Gasteiger partial charge in [-0.3, -0.25) is 0 Å². The highest BCUT2D eigenvalue weighted by Gasteiger charge is 2.13. The number of nitrogens with zero attached hydrogens (tertiary/aromatic N) is 1. The number of fused-ring (bicyclic) bond motifs is 1.